The van der Waals surface area contributed by atoms with Crippen LogP contribution in [0.5, 0.6) is 5.75 Å². The molecule has 0 atom stereocenters. The third kappa shape index (κ3) is 2.72. The van der Waals surface area contributed by atoms with Gasteiger partial charge in [0.25, 0.3) is 0 Å². The normalized spacial score (nSPS) is 11.1. The molecule has 6 heteroatoms. The van der Waals surface area contributed by atoms with Gasteiger partial charge in [-0.25, -0.2) is 4.79 Å². The molecule has 92 valence electrons. The minimum atomic E-state index is -0.414. The van der Waals surface area contributed by atoms with Gasteiger partial charge in [0.15, 0.2) is 10.6 Å². The minimum absolute atomic E-state index is 0.414. The van der Waals surface area contributed by atoms with Crippen LogP contribution in [0.1, 0.15) is 15.2 Å². The van der Waals surface area contributed by atoms with E-state index in [0.29, 0.717) is 10.6 Å². The number of rotatable bonds is 5. The topological polar surface area (TPSA) is 76.0 Å². The number of ether oxygens (including phenoxy) is 2. The second-order valence-electron chi connectivity index (χ2n) is 3.08. The summed E-state index contributed by atoms with van der Waals surface area (Å²) in [7, 11) is 4.71. The van der Waals surface area contributed by atoms with E-state index in [9.17, 15) is 4.79 Å². The van der Waals surface area contributed by atoms with Gasteiger partial charge in [-0.2, -0.15) is 0 Å². The Morgan fingerprint density at radius 2 is 2.24 bits per heavy atom. The third-order valence-corrected chi connectivity index (χ3v) is 3.15. The van der Waals surface area contributed by atoms with Gasteiger partial charge < -0.3 is 20.2 Å². The van der Waals surface area contributed by atoms with Gasteiger partial charge in [-0.05, 0) is 0 Å². The summed E-state index contributed by atoms with van der Waals surface area (Å²) in [6.45, 7) is 0. The molecule has 0 spiro atoms. The summed E-state index contributed by atoms with van der Waals surface area (Å²) in [5, 5.41) is 10.8. The second-order valence-corrected chi connectivity index (χ2v) is 3.96. The molecular weight excluding hydrogens is 240 g/mol. The smallest absolute Gasteiger partial charge is 0.351 e. The van der Waals surface area contributed by atoms with E-state index in [1.165, 1.54) is 31.8 Å². The number of allylic oxidation sites excluding steroid dienone is 1. The van der Waals surface area contributed by atoms with Crippen LogP contribution in [0.4, 0.5) is 0 Å². The van der Waals surface area contributed by atoms with Crippen LogP contribution in [0, 0.1) is 5.41 Å². The Labute approximate surface area is 104 Å². The Morgan fingerprint density at radius 3 is 2.71 bits per heavy atom. The first kappa shape index (κ1) is 13.4. The average Bonchev–Trinajstić information content (AvgIpc) is 2.78. The lowest BCUT2D eigenvalue weighted by molar-refractivity contribution is -0.530. The fourth-order valence-corrected chi connectivity index (χ4v) is 2.37. The fourth-order valence-electron chi connectivity index (χ4n) is 1.41. The predicted molar refractivity (Wildman–Crippen MR) is 66.8 cm³/mol. The summed E-state index contributed by atoms with van der Waals surface area (Å²) in [5.74, 6) is 0.0801. The van der Waals surface area contributed by atoms with Crippen LogP contribution in [0.25, 0.3) is 5.70 Å². The summed E-state index contributed by atoms with van der Waals surface area (Å²) in [5.41, 5.74) is 1.63. The van der Waals surface area contributed by atoms with Crippen molar-refractivity contribution in [2.45, 2.75) is 0 Å². The van der Waals surface area contributed by atoms with E-state index in [4.69, 9.17) is 10.1 Å². The Bertz CT molecular complexity index is 452. The maximum absolute atomic E-state index is 11.5. The molecule has 0 aromatic carbocycles. The monoisotopic (exact) mass is 255 g/mol. The Balaban J connectivity index is 3.26. The molecule has 1 heterocycles. The van der Waals surface area contributed by atoms with Crippen molar-refractivity contribution in [2.75, 3.05) is 21.3 Å². The highest BCUT2D eigenvalue weighted by Gasteiger charge is 2.22. The van der Waals surface area contributed by atoms with E-state index in [1.54, 1.807) is 6.08 Å². The number of thiophene rings is 1. The van der Waals surface area contributed by atoms with Crippen LogP contribution in [0.2, 0.25) is 0 Å². The maximum atomic E-state index is 11.5. The van der Waals surface area contributed by atoms with Gasteiger partial charge in [0.05, 0.1) is 26.8 Å². The van der Waals surface area contributed by atoms with Crippen LogP contribution < -0.4 is 10.1 Å². The van der Waals surface area contributed by atoms with E-state index in [-0.39, 0.29) is 0 Å². The molecular formula is C11H15N2O3S+. The van der Waals surface area contributed by atoms with E-state index in [1.807, 2.05) is 17.7 Å². The quantitative estimate of drug-likeness (QED) is 0.601. The summed E-state index contributed by atoms with van der Waals surface area (Å²) in [6.07, 6.45) is 2.84. The van der Waals surface area contributed by atoms with Crippen molar-refractivity contribution < 1.29 is 19.6 Å². The molecule has 0 fully saturated rings. The molecule has 1 aromatic rings. The molecule has 0 aliphatic rings. The number of hydrogen-bond donors (Lipinski definition) is 2. The van der Waals surface area contributed by atoms with Gasteiger partial charge in [-0.1, -0.05) is 0 Å². The summed E-state index contributed by atoms with van der Waals surface area (Å²) < 4.78 is 9.92. The van der Waals surface area contributed by atoms with Gasteiger partial charge >= 0.3 is 5.97 Å². The molecule has 0 radical (unpaired) electrons. The van der Waals surface area contributed by atoms with Crippen molar-refractivity contribution >= 4 is 29.2 Å². The Morgan fingerprint density at radius 1 is 1.53 bits per heavy atom. The Kier molecular flexibility index (Phi) is 4.86. The first-order valence-electron chi connectivity index (χ1n) is 4.93. The number of nitrogens with two attached hydrogens (primary N) is 1. The highest BCUT2D eigenvalue weighted by molar-refractivity contribution is 7.12. The number of quaternary nitrogens is 1. The van der Waals surface area contributed by atoms with Crippen molar-refractivity contribution in [1.82, 2.24) is 0 Å². The van der Waals surface area contributed by atoms with Crippen LogP contribution in [-0.2, 0) is 4.74 Å². The second kappa shape index (κ2) is 6.17. The number of nitrogens with one attached hydrogen (secondary N) is 1. The lowest BCUT2D eigenvalue weighted by atomic mass is 10.2. The zero-order valence-corrected chi connectivity index (χ0v) is 10.8. The first-order valence-corrected chi connectivity index (χ1v) is 5.81. The lowest BCUT2D eigenvalue weighted by Crippen LogP contribution is -2.76. The van der Waals surface area contributed by atoms with Crippen LogP contribution in [-0.4, -0.2) is 33.5 Å². The molecule has 1 rings (SSSR count). The van der Waals surface area contributed by atoms with Crippen LogP contribution in [0.3, 0.4) is 0 Å². The van der Waals surface area contributed by atoms with Crippen molar-refractivity contribution in [3.63, 3.8) is 0 Å². The minimum Gasteiger partial charge on any atom is -0.494 e. The highest BCUT2D eigenvalue weighted by atomic mass is 32.1. The molecule has 0 saturated heterocycles. The molecule has 0 bridgehead atoms. The van der Waals surface area contributed by atoms with Crippen LogP contribution >= 0.6 is 11.3 Å². The largest absolute Gasteiger partial charge is 0.494 e. The molecule has 3 N–H and O–H groups in total. The molecule has 0 unspecified atom stereocenters. The standard InChI is InChI=1S/C11H14N2O3S/c1-13-8(4-5-12)7-6-17-10(9(7)15-2)11(14)16-3/h4-6,12-13H,1-3H3/p+1. The number of methoxy groups -OCH3 is 2. The first-order chi connectivity index (χ1) is 8.19. The SMILES string of the molecule is C[NH2+]C(=CC=N)c1csc(C(=O)OC)c1OC. The number of carbonyl (C=O) groups excluding carboxylic acids is 1. The van der Waals surface area contributed by atoms with Crippen molar-refractivity contribution in [3.05, 3.63) is 21.9 Å². The zero-order valence-electron chi connectivity index (χ0n) is 9.94. The fraction of sp³-hybridized carbons (Fsp3) is 0.273. The molecule has 0 saturated carbocycles. The zero-order chi connectivity index (χ0) is 12.8. The third-order valence-electron chi connectivity index (χ3n) is 2.21. The number of hydrogen-bond acceptors (Lipinski definition) is 5. The lowest BCUT2D eigenvalue weighted by Gasteiger charge is -2.05. The molecule has 0 aliphatic carbocycles. The van der Waals surface area contributed by atoms with E-state index < -0.39 is 5.97 Å². The number of carbonyl (C=O) groups is 1. The Hall–Kier alpha value is -1.66. The van der Waals surface area contributed by atoms with E-state index in [2.05, 4.69) is 4.74 Å². The molecule has 0 amide bonds. The van der Waals surface area contributed by atoms with Crippen molar-refractivity contribution in [3.8, 4) is 5.75 Å². The number of esters is 1. The van der Waals surface area contributed by atoms with Crippen molar-refractivity contribution in [1.29, 1.82) is 5.41 Å². The van der Waals surface area contributed by atoms with Gasteiger partial charge in [-0.3, -0.25) is 0 Å². The highest BCUT2D eigenvalue weighted by Crippen LogP contribution is 2.33. The summed E-state index contributed by atoms with van der Waals surface area (Å²) in [4.78, 5) is 11.9. The van der Waals surface area contributed by atoms with Gasteiger partial charge in [0.1, 0.15) is 5.70 Å². The maximum Gasteiger partial charge on any atom is 0.351 e. The molecule has 5 nitrogen and oxygen atoms in total. The van der Waals surface area contributed by atoms with E-state index >= 15 is 0 Å². The molecule has 1 aromatic heterocycles. The average molecular weight is 255 g/mol. The molecule has 0 aliphatic heterocycles. The van der Waals surface area contributed by atoms with Crippen LogP contribution in [0.15, 0.2) is 11.5 Å². The molecule has 17 heavy (non-hydrogen) atoms. The van der Waals surface area contributed by atoms with Gasteiger partial charge in [0, 0.05) is 17.7 Å². The van der Waals surface area contributed by atoms with Gasteiger partial charge in [0.2, 0.25) is 0 Å². The van der Waals surface area contributed by atoms with Crippen molar-refractivity contribution in [2.24, 2.45) is 0 Å². The summed E-state index contributed by atoms with van der Waals surface area (Å²) >= 11 is 1.27. The predicted octanol–water partition coefficient (Wildman–Crippen LogP) is 0.727. The van der Waals surface area contributed by atoms with Gasteiger partial charge in [-0.15, -0.1) is 11.3 Å². The van der Waals surface area contributed by atoms with E-state index in [0.717, 1.165) is 11.3 Å². The summed E-state index contributed by atoms with van der Waals surface area (Å²) in [6, 6.07) is 0.